The molecule has 4 nitrogen and oxygen atoms in total. The quantitative estimate of drug-likeness (QED) is 0.566. The zero-order valence-electron chi connectivity index (χ0n) is 8.57. The third-order valence-electron chi connectivity index (χ3n) is 1.91. The van der Waals surface area contributed by atoms with Crippen molar-refractivity contribution in [2.45, 2.75) is 0 Å². The fraction of sp³-hybridized carbons (Fsp3) is 0.300. The predicted octanol–water partition coefficient (Wildman–Crippen LogP) is 1.12. The maximum Gasteiger partial charge on any atom is 0.339 e. The summed E-state index contributed by atoms with van der Waals surface area (Å²) >= 11 is 0. The van der Waals surface area contributed by atoms with Crippen molar-refractivity contribution in [3.8, 4) is 0 Å². The summed E-state index contributed by atoms with van der Waals surface area (Å²) in [5.41, 5.74) is 7.54. The number of hydrogen-bond acceptors (Lipinski definition) is 4. The highest BCUT2D eigenvalue weighted by Gasteiger charge is 2.12. The highest BCUT2D eigenvalue weighted by molar-refractivity contribution is 5.96. The molecule has 0 saturated heterocycles. The van der Waals surface area contributed by atoms with Gasteiger partial charge in [-0.05, 0) is 18.2 Å². The lowest BCUT2D eigenvalue weighted by Gasteiger charge is -2.16. The van der Waals surface area contributed by atoms with Crippen molar-refractivity contribution >= 4 is 17.3 Å². The second-order valence-electron chi connectivity index (χ2n) is 3.16. The smallest absolute Gasteiger partial charge is 0.339 e. The highest BCUT2D eigenvalue weighted by Crippen LogP contribution is 2.22. The van der Waals surface area contributed by atoms with Crippen LogP contribution in [0.15, 0.2) is 18.2 Å². The van der Waals surface area contributed by atoms with Gasteiger partial charge in [0.1, 0.15) is 0 Å². The topological polar surface area (TPSA) is 55.6 Å². The Bertz CT molecular complexity index is 348. The molecule has 1 aromatic rings. The Balaban J connectivity index is 3.21. The highest BCUT2D eigenvalue weighted by atomic mass is 16.5. The van der Waals surface area contributed by atoms with E-state index in [1.165, 1.54) is 7.11 Å². The Morgan fingerprint density at radius 1 is 1.43 bits per heavy atom. The molecule has 0 atom stereocenters. The summed E-state index contributed by atoms with van der Waals surface area (Å²) in [5.74, 6) is -0.353. The third kappa shape index (κ3) is 1.96. The van der Waals surface area contributed by atoms with Crippen LogP contribution in [-0.2, 0) is 4.74 Å². The molecule has 1 aromatic carbocycles. The molecule has 0 bridgehead atoms. The van der Waals surface area contributed by atoms with E-state index in [4.69, 9.17) is 5.73 Å². The van der Waals surface area contributed by atoms with Crippen molar-refractivity contribution in [2.24, 2.45) is 0 Å². The number of hydrogen-bond donors (Lipinski definition) is 1. The van der Waals surface area contributed by atoms with Crippen molar-refractivity contribution < 1.29 is 9.53 Å². The normalized spacial score (nSPS) is 9.64. The fourth-order valence-electron chi connectivity index (χ4n) is 1.20. The van der Waals surface area contributed by atoms with Crippen LogP contribution < -0.4 is 10.6 Å². The summed E-state index contributed by atoms with van der Waals surface area (Å²) in [4.78, 5) is 13.2. The minimum atomic E-state index is -0.353. The average Bonchev–Trinajstić information content (AvgIpc) is 2.16. The fourth-order valence-corrected chi connectivity index (χ4v) is 1.20. The maximum atomic E-state index is 11.4. The summed E-state index contributed by atoms with van der Waals surface area (Å²) < 4.78 is 4.66. The Morgan fingerprint density at radius 3 is 2.57 bits per heavy atom. The molecule has 1 rings (SSSR count). The van der Waals surface area contributed by atoms with Crippen molar-refractivity contribution in [3.05, 3.63) is 23.8 Å². The van der Waals surface area contributed by atoms with Gasteiger partial charge in [-0.1, -0.05) is 0 Å². The SMILES string of the molecule is COC(=O)c1ccc(N)cc1N(C)C. The van der Waals surface area contributed by atoms with Gasteiger partial charge in [0.25, 0.3) is 0 Å². The number of carbonyl (C=O) groups excluding carboxylic acids is 1. The number of esters is 1. The van der Waals surface area contributed by atoms with Gasteiger partial charge in [0.15, 0.2) is 0 Å². The zero-order chi connectivity index (χ0) is 10.7. The van der Waals surface area contributed by atoms with Crippen molar-refractivity contribution in [2.75, 3.05) is 31.8 Å². The molecule has 0 aliphatic rings. The lowest BCUT2D eigenvalue weighted by atomic mass is 10.1. The van der Waals surface area contributed by atoms with Gasteiger partial charge in [0.05, 0.1) is 18.4 Å². The minimum Gasteiger partial charge on any atom is -0.465 e. The number of anilines is 2. The number of benzene rings is 1. The van der Waals surface area contributed by atoms with Gasteiger partial charge in [-0.15, -0.1) is 0 Å². The van der Waals surface area contributed by atoms with Crippen LogP contribution in [0.4, 0.5) is 11.4 Å². The molecule has 76 valence electrons. The molecule has 0 aromatic heterocycles. The summed E-state index contributed by atoms with van der Waals surface area (Å²) in [6.07, 6.45) is 0. The first kappa shape index (κ1) is 10.4. The summed E-state index contributed by atoms with van der Waals surface area (Å²) in [6, 6.07) is 5.09. The number of ether oxygens (including phenoxy) is 1. The van der Waals surface area contributed by atoms with E-state index in [1.807, 2.05) is 19.0 Å². The van der Waals surface area contributed by atoms with Crippen LogP contribution in [0.2, 0.25) is 0 Å². The Kier molecular flexibility index (Phi) is 2.96. The molecule has 0 amide bonds. The molecular formula is C10H14N2O2. The van der Waals surface area contributed by atoms with E-state index in [0.717, 1.165) is 5.69 Å². The largest absolute Gasteiger partial charge is 0.465 e. The van der Waals surface area contributed by atoms with Gasteiger partial charge in [-0.3, -0.25) is 0 Å². The van der Waals surface area contributed by atoms with Crippen molar-refractivity contribution in [1.82, 2.24) is 0 Å². The van der Waals surface area contributed by atoms with Gasteiger partial charge in [-0.2, -0.15) is 0 Å². The van der Waals surface area contributed by atoms with E-state index in [1.54, 1.807) is 18.2 Å². The lowest BCUT2D eigenvalue weighted by molar-refractivity contribution is 0.0601. The average molecular weight is 194 g/mol. The molecule has 4 heteroatoms. The van der Waals surface area contributed by atoms with E-state index in [2.05, 4.69) is 4.74 Å². The maximum absolute atomic E-state index is 11.4. The molecule has 0 unspecified atom stereocenters. The number of nitrogens with two attached hydrogens (primary N) is 1. The number of carbonyl (C=O) groups is 1. The number of nitrogens with zero attached hydrogens (tertiary/aromatic N) is 1. The van der Waals surface area contributed by atoms with E-state index in [0.29, 0.717) is 11.3 Å². The lowest BCUT2D eigenvalue weighted by Crippen LogP contribution is -2.15. The molecule has 0 aliphatic heterocycles. The van der Waals surface area contributed by atoms with Crippen LogP contribution in [0, 0.1) is 0 Å². The van der Waals surface area contributed by atoms with E-state index >= 15 is 0 Å². The second-order valence-corrected chi connectivity index (χ2v) is 3.16. The van der Waals surface area contributed by atoms with Crippen LogP contribution in [-0.4, -0.2) is 27.2 Å². The molecule has 2 N–H and O–H groups in total. The standard InChI is InChI=1S/C10H14N2O2/c1-12(2)9-6-7(11)4-5-8(9)10(13)14-3/h4-6H,11H2,1-3H3. The van der Waals surface area contributed by atoms with Crippen LogP contribution >= 0.6 is 0 Å². The third-order valence-corrected chi connectivity index (χ3v) is 1.91. The van der Waals surface area contributed by atoms with Gasteiger partial charge >= 0.3 is 5.97 Å². The van der Waals surface area contributed by atoms with E-state index < -0.39 is 0 Å². The van der Waals surface area contributed by atoms with E-state index in [9.17, 15) is 4.79 Å². The molecular weight excluding hydrogens is 180 g/mol. The molecule has 0 spiro atoms. The van der Waals surface area contributed by atoms with Crippen LogP contribution in [0.5, 0.6) is 0 Å². The van der Waals surface area contributed by atoms with Crippen LogP contribution in [0.3, 0.4) is 0 Å². The number of rotatable bonds is 2. The van der Waals surface area contributed by atoms with Crippen LogP contribution in [0.1, 0.15) is 10.4 Å². The molecule has 14 heavy (non-hydrogen) atoms. The van der Waals surface area contributed by atoms with Gasteiger partial charge in [-0.25, -0.2) is 4.79 Å². The first-order valence-corrected chi connectivity index (χ1v) is 4.21. The van der Waals surface area contributed by atoms with E-state index in [-0.39, 0.29) is 5.97 Å². The van der Waals surface area contributed by atoms with Gasteiger partial charge < -0.3 is 15.4 Å². The van der Waals surface area contributed by atoms with Gasteiger partial charge in [0, 0.05) is 19.8 Å². The summed E-state index contributed by atoms with van der Waals surface area (Å²) in [6.45, 7) is 0. The number of nitrogen functional groups attached to an aromatic ring is 1. The minimum absolute atomic E-state index is 0.353. The second kappa shape index (κ2) is 4.00. The molecule has 0 heterocycles. The first-order valence-electron chi connectivity index (χ1n) is 4.21. The molecule has 0 fully saturated rings. The van der Waals surface area contributed by atoms with Crippen molar-refractivity contribution in [1.29, 1.82) is 0 Å². The van der Waals surface area contributed by atoms with Crippen LogP contribution in [0.25, 0.3) is 0 Å². The summed E-state index contributed by atoms with van der Waals surface area (Å²) in [5, 5.41) is 0. The Hall–Kier alpha value is -1.71. The Labute approximate surface area is 83.3 Å². The molecule has 0 saturated carbocycles. The summed E-state index contributed by atoms with van der Waals surface area (Å²) in [7, 11) is 5.06. The molecule has 0 aliphatic carbocycles. The number of methoxy groups -OCH3 is 1. The van der Waals surface area contributed by atoms with Crippen molar-refractivity contribution in [3.63, 3.8) is 0 Å². The zero-order valence-corrected chi connectivity index (χ0v) is 8.57. The Morgan fingerprint density at radius 2 is 2.07 bits per heavy atom. The first-order chi connectivity index (χ1) is 6.56. The van der Waals surface area contributed by atoms with Gasteiger partial charge in [0.2, 0.25) is 0 Å². The predicted molar refractivity (Wildman–Crippen MR) is 56.5 cm³/mol. The monoisotopic (exact) mass is 194 g/mol. The molecule has 0 radical (unpaired) electrons.